The van der Waals surface area contributed by atoms with E-state index >= 15 is 0 Å². The highest BCUT2D eigenvalue weighted by Gasteiger charge is 2.26. The van der Waals surface area contributed by atoms with Crippen LogP contribution >= 0.6 is 0 Å². The van der Waals surface area contributed by atoms with Crippen LogP contribution in [0.2, 0.25) is 0 Å². The van der Waals surface area contributed by atoms with Crippen molar-refractivity contribution in [3.05, 3.63) is 34.9 Å². The van der Waals surface area contributed by atoms with Gasteiger partial charge in [-0.25, -0.2) is 9.48 Å². The number of carbonyl (C=O) groups is 1. The molecule has 0 radical (unpaired) electrons. The third-order valence-corrected chi connectivity index (χ3v) is 6.51. The standard InChI is InChI=1S/C22H33N5O2/c1-2-24(17-19-6-7-19)13-8-18-9-14-25(15-10-18)21(28)11-16-27-22(29)26-12-4-3-5-20(26)23-27/h3-5,12,18-19H,2,6-11,13-17H2,1H3. The van der Waals surface area contributed by atoms with Crippen LogP contribution in [-0.2, 0) is 11.3 Å². The summed E-state index contributed by atoms with van der Waals surface area (Å²) in [7, 11) is 0. The normalized spacial score (nSPS) is 18.1. The number of aromatic nitrogens is 3. The number of hydrogen-bond donors (Lipinski definition) is 0. The van der Waals surface area contributed by atoms with Gasteiger partial charge in [-0.15, -0.1) is 5.10 Å². The van der Waals surface area contributed by atoms with Crippen LogP contribution in [0.4, 0.5) is 0 Å². The van der Waals surface area contributed by atoms with E-state index in [1.807, 2.05) is 11.0 Å². The van der Waals surface area contributed by atoms with E-state index in [2.05, 4.69) is 16.9 Å². The van der Waals surface area contributed by atoms with Crippen molar-refractivity contribution in [2.45, 2.75) is 52.0 Å². The lowest BCUT2D eigenvalue weighted by Crippen LogP contribution is -2.40. The fraction of sp³-hybridized carbons (Fsp3) is 0.682. The summed E-state index contributed by atoms with van der Waals surface area (Å²) in [6, 6.07) is 5.46. The SMILES string of the molecule is CCN(CCC1CCN(C(=O)CCn2nc3ccccn3c2=O)CC1)CC1CC1. The van der Waals surface area contributed by atoms with Gasteiger partial charge in [0.2, 0.25) is 5.91 Å². The third-order valence-electron chi connectivity index (χ3n) is 6.51. The number of nitrogens with zero attached hydrogens (tertiary/aromatic N) is 5. The van der Waals surface area contributed by atoms with E-state index < -0.39 is 0 Å². The van der Waals surface area contributed by atoms with Crippen LogP contribution in [0.25, 0.3) is 5.65 Å². The lowest BCUT2D eigenvalue weighted by Gasteiger charge is -2.33. The highest BCUT2D eigenvalue weighted by atomic mass is 16.2. The van der Waals surface area contributed by atoms with Crippen molar-refractivity contribution >= 4 is 11.6 Å². The van der Waals surface area contributed by atoms with Crippen molar-refractivity contribution in [2.75, 3.05) is 32.7 Å². The summed E-state index contributed by atoms with van der Waals surface area (Å²) in [5.74, 6) is 1.82. The Morgan fingerprint density at radius 2 is 1.97 bits per heavy atom. The van der Waals surface area contributed by atoms with Crippen molar-refractivity contribution in [1.82, 2.24) is 24.0 Å². The molecule has 0 N–H and O–H groups in total. The number of hydrogen-bond acceptors (Lipinski definition) is 4. The van der Waals surface area contributed by atoms with Crippen LogP contribution in [0, 0.1) is 11.8 Å². The Hall–Kier alpha value is -2.15. The van der Waals surface area contributed by atoms with E-state index in [1.165, 1.54) is 41.4 Å². The highest BCUT2D eigenvalue weighted by Crippen LogP contribution is 2.30. The Kier molecular flexibility index (Phi) is 6.33. The Labute approximate surface area is 172 Å². The van der Waals surface area contributed by atoms with Gasteiger partial charge in [0.15, 0.2) is 5.65 Å². The van der Waals surface area contributed by atoms with Crippen LogP contribution in [0.1, 0.15) is 45.4 Å². The lowest BCUT2D eigenvalue weighted by molar-refractivity contribution is -0.132. The highest BCUT2D eigenvalue weighted by molar-refractivity contribution is 5.76. The fourth-order valence-electron chi connectivity index (χ4n) is 4.35. The number of pyridine rings is 1. The van der Waals surface area contributed by atoms with Crippen molar-refractivity contribution in [3.8, 4) is 0 Å². The number of aryl methyl sites for hydroxylation is 1. The van der Waals surface area contributed by atoms with Crippen molar-refractivity contribution < 1.29 is 4.79 Å². The molecule has 158 valence electrons. The Morgan fingerprint density at radius 1 is 1.17 bits per heavy atom. The molecule has 1 saturated carbocycles. The summed E-state index contributed by atoms with van der Waals surface area (Å²) in [6.07, 6.45) is 8.31. The van der Waals surface area contributed by atoms with Gasteiger partial charge in [-0.3, -0.25) is 9.20 Å². The van der Waals surface area contributed by atoms with Gasteiger partial charge in [-0.2, -0.15) is 0 Å². The predicted molar refractivity (Wildman–Crippen MR) is 113 cm³/mol. The van der Waals surface area contributed by atoms with E-state index in [1.54, 1.807) is 18.3 Å². The van der Waals surface area contributed by atoms with Gasteiger partial charge in [0.05, 0.1) is 6.54 Å². The van der Waals surface area contributed by atoms with Crippen LogP contribution in [0.5, 0.6) is 0 Å². The zero-order valence-electron chi connectivity index (χ0n) is 17.5. The molecule has 2 aliphatic rings. The number of rotatable bonds is 9. The number of piperidine rings is 1. The van der Waals surface area contributed by atoms with Crippen LogP contribution in [0.3, 0.4) is 0 Å². The quantitative estimate of drug-likeness (QED) is 0.649. The molecule has 1 amide bonds. The van der Waals surface area contributed by atoms with E-state index in [4.69, 9.17) is 0 Å². The fourth-order valence-corrected chi connectivity index (χ4v) is 4.35. The van der Waals surface area contributed by atoms with Crippen LogP contribution in [0.15, 0.2) is 29.2 Å². The Morgan fingerprint density at radius 3 is 2.66 bits per heavy atom. The minimum absolute atomic E-state index is 0.135. The first kappa shape index (κ1) is 20.1. The lowest BCUT2D eigenvalue weighted by atomic mass is 9.93. The monoisotopic (exact) mass is 399 g/mol. The van der Waals surface area contributed by atoms with Crippen LogP contribution < -0.4 is 5.69 Å². The van der Waals surface area contributed by atoms with Crippen molar-refractivity contribution in [2.24, 2.45) is 11.8 Å². The molecule has 7 heteroatoms. The number of fused-ring (bicyclic) bond motifs is 1. The maximum Gasteiger partial charge on any atom is 0.350 e. The summed E-state index contributed by atoms with van der Waals surface area (Å²) in [4.78, 5) is 29.5. The molecule has 0 aromatic carbocycles. The largest absolute Gasteiger partial charge is 0.350 e. The van der Waals surface area contributed by atoms with E-state index in [0.717, 1.165) is 44.3 Å². The molecule has 4 rings (SSSR count). The maximum absolute atomic E-state index is 12.6. The Bertz CT molecular complexity index is 877. The van der Waals surface area contributed by atoms with E-state index in [9.17, 15) is 9.59 Å². The van der Waals surface area contributed by atoms with Crippen molar-refractivity contribution in [1.29, 1.82) is 0 Å². The predicted octanol–water partition coefficient (Wildman–Crippen LogP) is 2.25. The van der Waals surface area contributed by atoms with Gasteiger partial charge < -0.3 is 9.80 Å². The van der Waals surface area contributed by atoms with Gasteiger partial charge >= 0.3 is 5.69 Å². The van der Waals surface area contributed by atoms with E-state index in [-0.39, 0.29) is 11.6 Å². The Balaban J connectivity index is 1.20. The number of amides is 1. The summed E-state index contributed by atoms with van der Waals surface area (Å²) < 4.78 is 2.91. The van der Waals surface area contributed by atoms with Crippen LogP contribution in [-0.4, -0.2) is 62.6 Å². The molecular formula is C22H33N5O2. The van der Waals surface area contributed by atoms with Gasteiger partial charge in [-0.05, 0) is 69.2 Å². The zero-order chi connectivity index (χ0) is 20.2. The average Bonchev–Trinajstić information content (AvgIpc) is 3.52. The van der Waals surface area contributed by atoms with Gasteiger partial charge in [0.25, 0.3) is 0 Å². The molecule has 7 nitrogen and oxygen atoms in total. The molecule has 1 aliphatic carbocycles. The first-order valence-corrected chi connectivity index (χ1v) is 11.2. The smallest absolute Gasteiger partial charge is 0.343 e. The minimum atomic E-state index is -0.182. The molecule has 29 heavy (non-hydrogen) atoms. The molecule has 0 spiro atoms. The molecule has 2 aromatic rings. The number of likely N-dealkylation sites (tertiary alicyclic amines) is 1. The molecule has 2 fully saturated rings. The summed E-state index contributed by atoms with van der Waals surface area (Å²) >= 11 is 0. The summed E-state index contributed by atoms with van der Waals surface area (Å²) in [5, 5.41) is 4.31. The molecule has 3 heterocycles. The molecule has 1 aliphatic heterocycles. The van der Waals surface area contributed by atoms with Crippen molar-refractivity contribution in [3.63, 3.8) is 0 Å². The summed E-state index contributed by atoms with van der Waals surface area (Å²) in [6.45, 7) is 7.91. The molecular weight excluding hydrogens is 366 g/mol. The third kappa shape index (κ3) is 5.07. The first-order chi connectivity index (χ1) is 14.1. The molecule has 2 aromatic heterocycles. The van der Waals surface area contributed by atoms with E-state index in [0.29, 0.717) is 18.6 Å². The first-order valence-electron chi connectivity index (χ1n) is 11.2. The molecule has 0 atom stereocenters. The van der Waals surface area contributed by atoms with Gasteiger partial charge in [-0.1, -0.05) is 13.0 Å². The summed E-state index contributed by atoms with van der Waals surface area (Å²) in [5.41, 5.74) is 0.437. The maximum atomic E-state index is 12.6. The van der Waals surface area contributed by atoms with Gasteiger partial charge in [0, 0.05) is 32.3 Å². The molecule has 0 unspecified atom stereocenters. The number of carbonyl (C=O) groups excluding carboxylic acids is 1. The zero-order valence-corrected chi connectivity index (χ0v) is 17.5. The minimum Gasteiger partial charge on any atom is -0.343 e. The molecule has 1 saturated heterocycles. The second kappa shape index (κ2) is 9.11. The second-order valence-electron chi connectivity index (χ2n) is 8.63. The molecule has 0 bridgehead atoms. The topological polar surface area (TPSA) is 62.9 Å². The average molecular weight is 400 g/mol. The second-order valence-corrected chi connectivity index (χ2v) is 8.63. The van der Waals surface area contributed by atoms with Gasteiger partial charge in [0.1, 0.15) is 0 Å².